The van der Waals surface area contributed by atoms with Gasteiger partial charge in [0.2, 0.25) is 11.8 Å². The standard InChI is InChI=1S/C19H23N3O2/c1-14(16-6-4-3-5-7-16)21-19(24)12-13-20-17-8-10-18(11-9-17)22-15(2)23/h3-11,14,20H,12-13H2,1-2H3,(H,21,24)(H,22,23). The molecule has 1 unspecified atom stereocenters. The van der Waals surface area contributed by atoms with Gasteiger partial charge in [-0.3, -0.25) is 9.59 Å². The number of benzene rings is 2. The zero-order valence-corrected chi connectivity index (χ0v) is 14.0. The number of carbonyl (C=O) groups is 2. The second kappa shape index (κ2) is 8.72. The minimum absolute atomic E-state index is 0.00404. The molecule has 0 aliphatic rings. The fraction of sp³-hybridized carbons (Fsp3) is 0.263. The molecule has 2 aromatic rings. The Morgan fingerprint density at radius 2 is 1.58 bits per heavy atom. The Balaban J connectivity index is 1.73. The Labute approximate surface area is 142 Å². The van der Waals surface area contributed by atoms with E-state index in [0.717, 1.165) is 16.9 Å². The molecular formula is C19H23N3O2. The van der Waals surface area contributed by atoms with Crippen LogP contribution in [0.5, 0.6) is 0 Å². The summed E-state index contributed by atoms with van der Waals surface area (Å²) in [6, 6.07) is 17.3. The predicted molar refractivity (Wildman–Crippen MR) is 96.9 cm³/mol. The third kappa shape index (κ3) is 5.76. The molecule has 0 radical (unpaired) electrons. The summed E-state index contributed by atoms with van der Waals surface area (Å²) in [4.78, 5) is 23.0. The van der Waals surface area contributed by atoms with Crippen molar-refractivity contribution in [2.75, 3.05) is 17.2 Å². The molecule has 24 heavy (non-hydrogen) atoms. The van der Waals surface area contributed by atoms with Gasteiger partial charge in [0.05, 0.1) is 6.04 Å². The molecule has 0 saturated heterocycles. The van der Waals surface area contributed by atoms with Crippen molar-refractivity contribution in [2.24, 2.45) is 0 Å². The topological polar surface area (TPSA) is 70.2 Å². The van der Waals surface area contributed by atoms with Gasteiger partial charge in [0.1, 0.15) is 0 Å². The van der Waals surface area contributed by atoms with Gasteiger partial charge in [0.25, 0.3) is 0 Å². The molecule has 0 bridgehead atoms. The van der Waals surface area contributed by atoms with Crippen molar-refractivity contribution in [1.29, 1.82) is 0 Å². The fourth-order valence-electron chi connectivity index (χ4n) is 2.33. The third-order valence-electron chi connectivity index (χ3n) is 3.56. The van der Waals surface area contributed by atoms with Gasteiger partial charge in [-0.25, -0.2) is 0 Å². The maximum absolute atomic E-state index is 12.0. The second-order valence-electron chi connectivity index (χ2n) is 5.64. The van der Waals surface area contributed by atoms with Crippen molar-refractivity contribution >= 4 is 23.2 Å². The van der Waals surface area contributed by atoms with E-state index in [1.807, 2.05) is 61.5 Å². The molecule has 126 valence electrons. The number of rotatable bonds is 7. The van der Waals surface area contributed by atoms with Crippen LogP contribution in [0, 0.1) is 0 Å². The zero-order chi connectivity index (χ0) is 17.4. The number of carbonyl (C=O) groups excluding carboxylic acids is 2. The Bertz CT molecular complexity index is 669. The number of hydrogen-bond donors (Lipinski definition) is 3. The first-order chi connectivity index (χ1) is 11.5. The lowest BCUT2D eigenvalue weighted by molar-refractivity contribution is -0.121. The largest absolute Gasteiger partial charge is 0.385 e. The molecule has 2 rings (SSSR count). The van der Waals surface area contributed by atoms with E-state index in [-0.39, 0.29) is 17.9 Å². The first-order valence-electron chi connectivity index (χ1n) is 8.00. The van der Waals surface area contributed by atoms with Crippen molar-refractivity contribution < 1.29 is 9.59 Å². The molecule has 0 heterocycles. The molecule has 0 aromatic heterocycles. The van der Waals surface area contributed by atoms with Crippen LogP contribution in [0.15, 0.2) is 54.6 Å². The number of nitrogens with one attached hydrogen (secondary N) is 3. The van der Waals surface area contributed by atoms with Gasteiger partial charge in [-0.05, 0) is 36.8 Å². The molecule has 0 saturated carbocycles. The zero-order valence-electron chi connectivity index (χ0n) is 14.0. The van der Waals surface area contributed by atoms with Gasteiger partial charge < -0.3 is 16.0 Å². The van der Waals surface area contributed by atoms with Gasteiger partial charge in [-0.2, -0.15) is 0 Å². The summed E-state index contributed by atoms with van der Waals surface area (Å²) >= 11 is 0. The number of hydrogen-bond acceptors (Lipinski definition) is 3. The van der Waals surface area contributed by atoms with Crippen LogP contribution in [0.4, 0.5) is 11.4 Å². The van der Waals surface area contributed by atoms with Gasteiger partial charge in [0, 0.05) is 31.3 Å². The van der Waals surface area contributed by atoms with Crippen molar-refractivity contribution in [3.05, 3.63) is 60.2 Å². The SMILES string of the molecule is CC(=O)Nc1ccc(NCCC(=O)NC(C)c2ccccc2)cc1. The van der Waals surface area contributed by atoms with E-state index in [1.54, 1.807) is 0 Å². The third-order valence-corrected chi connectivity index (χ3v) is 3.56. The summed E-state index contributed by atoms with van der Waals surface area (Å²) in [6.45, 7) is 4.00. The molecule has 0 aliphatic carbocycles. The van der Waals surface area contributed by atoms with E-state index in [0.29, 0.717) is 13.0 Å². The summed E-state index contributed by atoms with van der Waals surface area (Å²) in [5.41, 5.74) is 2.75. The Hall–Kier alpha value is -2.82. The van der Waals surface area contributed by atoms with Gasteiger partial charge in [-0.15, -0.1) is 0 Å². The lowest BCUT2D eigenvalue weighted by Gasteiger charge is -2.14. The van der Waals surface area contributed by atoms with Crippen LogP contribution in [-0.2, 0) is 9.59 Å². The van der Waals surface area contributed by atoms with E-state index < -0.39 is 0 Å². The first-order valence-corrected chi connectivity index (χ1v) is 8.00. The quantitative estimate of drug-likeness (QED) is 0.731. The molecule has 5 nitrogen and oxygen atoms in total. The highest BCUT2D eigenvalue weighted by atomic mass is 16.2. The molecule has 2 amide bonds. The van der Waals surface area contributed by atoms with Crippen LogP contribution in [0.2, 0.25) is 0 Å². The van der Waals surface area contributed by atoms with Crippen LogP contribution < -0.4 is 16.0 Å². The normalized spacial score (nSPS) is 11.4. The second-order valence-corrected chi connectivity index (χ2v) is 5.64. The van der Waals surface area contributed by atoms with E-state index in [9.17, 15) is 9.59 Å². The highest BCUT2D eigenvalue weighted by molar-refractivity contribution is 5.88. The van der Waals surface area contributed by atoms with Gasteiger partial charge in [0.15, 0.2) is 0 Å². The van der Waals surface area contributed by atoms with Crippen LogP contribution in [0.25, 0.3) is 0 Å². The minimum atomic E-state index is -0.0973. The molecule has 0 spiro atoms. The monoisotopic (exact) mass is 325 g/mol. The molecule has 0 fully saturated rings. The lowest BCUT2D eigenvalue weighted by Crippen LogP contribution is -2.28. The molecule has 1 atom stereocenters. The smallest absolute Gasteiger partial charge is 0.222 e. The molecule has 2 aromatic carbocycles. The van der Waals surface area contributed by atoms with E-state index >= 15 is 0 Å². The number of anilines is 2. The summed E-state index contributed by atoms with van der Waals surface area (Å²) in [5, 5.41) is 8.89. The average molecular weight is 325 g/mol. The average Bonchev–Trinajstić information content (AvgIpc) is 2.57. The molecule has 0 aliphatic heterocycles. The van der Waals surface area contributed by atoms with Crippen LogP contribution in [-0.4, -0.2) is 18.4 Å². The van der Waals surface area contributed by atoms with Gasteiger partial charge >= 0.3 is 0 Å². The Morgan fingerprint density at radius 3 is 2.21 bits per heavy atom. The summed E-state index contributed by atoms with van der Waals surface area (Å²) in [6.07, 6.45) is 0.393. The van der Waals surface area contributed by atoms with Crippen molar-refractivity contribution in [3.63, 3.8) is 0 Å². The van der Waals surface area contributed by atoms with E-state index in [2.05, 4.69) is 16.0 Å². The fourth-order valence-corrected chi connectivity index (χ4v) is 2.33. The van der Waals surface area contributed by atoms with Crippen molar-refractivity contribution in [2.45, 2.75) is 26.3 Å². The maximum Gasteiger partial charge on any atom is 0.222 e. The number of amides is 2. The highest BCUT2D eigenvalue weighted by Crippen LogP contribution is 2.14. The highest BCUT2D eigenvalue weighted by Gasteiger charge is 2.08. The predicted octanol–water partition coefficient (Wildman–Crippen LogP) is 3.32. The van der Waals surface area contributed by atoms with Crippen molar-refractivity contribution in [1.82, 2.24) is 5.32 Å². The minimum Gasteiger partial charge on any atom is -0.385 e. The van der Waals surface area contributed by atoms with Crippen molar-refractivity contribution in [3.8, 4) is 0 Å². The molecule has 5 heteroatoms. The van der Waals surface area contributed by atoms with Crippen LogP contribution >= 0.6 is 0 Å². The first kappa shape index (κ1) is 17.5. The molecule has 3 N–H and O–H groups in total. The summed E-state index contributed by atoms with van der Waals surface area (Å²) in [7, 11) is 0. The summed E-state index contributed by atoms with van der Waals surface area (Å²) < 4.78 is 0. The van der Waals surface area contributed by atoms with Crippen LogP contribution in [0.1, 0.15) is 31.9 Å². The Morgan fingerprint density at radius 1 is 0.958 bits per heavy atom. The summed E-state index contributed by atoms with van der Waals surface area (Å²) in [5.74, 6) is -0.0892. The lowest BCUT2D eigenvalue weighted by atomic mass is 10.1. The maximum atomic E-state index is 12.0. The van der Waals surface area contributed by atoms with E-state index in [1.165, 1.54) is 6.92 Å². The Kier molecular flexibility index (Phi) is 6.37. The van der Waals surface area contributed by atoms with Crippen LogP contribution in [0.3, 0.4) is 0 Å². The van der Waals surface area contributed by atoms with Gasteiger partial charge in [-0.1, -0.05) is 30.3 Å². The van der Waals surface area contributed by atoms with E-state index in [4.69, 9.17) is 0 Å². The molecular weight excluding hydrogens is 302 g/mol.